The summed E-state index contributed by atoms with van der Waals surface area (Å²) in [4.78, 5) is 26.6. The number of ether oxygens (including phenoxy) is 1. The summed E-state index contributed by atoms with van der Waals surface area (Å²) < 4.78 is 5.09. The van der Waals surface area contributed by atoms with E-state index in [4.69, 9.17) is 9.84 Å². The zero-order valence-corrected chi connectivity index (χ0v) is 15.2. The van der Waals surface area contributed by atoms with Crippen molar-refractivity contribution in [1.82, 2.24) is 15.1 Å². The molecule has 0 aliphatic rings. The molecule has 0 unspecified atom stereocenters. The number of carbonyl (C=O) groups is 2. The number of carbonyl (C=O) groups excluding carboxylic acids is 1. The quantitative estimate of drug-likeness (QED) is 0.347. The minimum absolute atomic E-state index is 0.0389. The van der Waals surface area contributed by atoms with Crippen molar-refractivity contribution in [3.05, 3.63) is 0 Å². The third-order valence-corrected chi connectivity index (χ3v) is 3.60. The van der Waals surface area contributed by atoms with Crippen LogP contribution in [0.3, 0.4) is 0 Å². The molecule has 1 atom stereocenters. The Morgan fingerprint density at radius 3 is 2.38 bits per heavy atom. The maximum Gasteiger partial charge on any atom is 0.320 e. The van der Waals surface area contributed by atoms with Crippen molar-refractivity contribution in [3.63, 3.8) is 0 Å². The molecular weight excluding hydrogens is 314 g/mol. The van der Waals surface area contributed by atoms with Crippen LogP contribution in [0.4, 0.5) is 0 Å². The minimum Gasteiger partial charge on any atom is -0.480 e. The van der Waals surface area contributed by atoms with Gasteiger partial charge in [-0.1, -0.05) is 0 Å². The van der Waals surface area contributed by atoms with Crippen LogP contribution in [0.15, 0.2) is 0 Å². The van der Waals surface area contributed by atoms with Gasteiger partial charge >= 0.3 is 5.97 Å². The molecule has 0 fully saturated rings. The van der Waals surface area contributed by atoms with E-state index in [1.807, 2.05) is 19.0 Å². The Hall–Kier alpha value is -1.22. The second-order valence-electron chi connectivity index (χ2n) is 5.99. The molecule has 142 valence electrons. The molecule has 0 aromatic rings. The number of rotatable bonds is 15. The number of amides is 1. The van der Waals surface area contributed by atoms with Gasteiger partial charge in [0.2, 0.25) is 5.91 Å². The van der Waals surface area contributed by atoms with Crippen LogP contribution in [0.5, 0.6) is 0 Å². The van der Waals surface area contributed by atoms with Gasteiger partial charge in [0.05, 0.1) is 19.8 Å². The van der Waals surface area contributed by atoms with Gasteiger partial charge in [-0.15, -0.1) is 0 Å². The number of carboxylic acid groups (broad SMARTS) is 1. The van der Waals surface area contributed by atoms with E-state index in [1.54, 1.807) is 11.8 Å². The number of carboxylic acids is 1. The monoisotopic (exact) mass is 347 g/mol. The van der Waals surface area contributed by atoms with Gasteiger partial charge in [0.25, 0.3) is 0 Å². The van der Waals surface area contributed by atoms with E-state index < -0.39 is 12.0 Å². The highest BCUT2D eigenvalue weighted by molar-refractivity contribution is 5.73. The van der Waals surface area contributed by atoms with Crippen LogP contribution in [0.25, 0.3) is 0 Å². The molecule has 0 heterocycles. The van der Waals surface area contributed by atoms with E-state index in [1.165, 1.54) is 0 Å². The Morgan fingerprint density at radius 2 is 1.83 bits per heavy atom. The molecule has 3 N–H and O–H groups in total. The SMILES string of the molecule is CC(=O)N(CCCC[C@H](NCCOCCO)C(=O)O)CCN(C)C. The Bertz CT molecular complexity index is 353. The largest absolute Gasteiger partial charge is 0.480 e. The van der Waals surface area contributed by atoms with E-state index in [0.717, 1.165) is 19.4 Å². The fourth-order valence-corrected chi connectivity index (χ4v) is 2.18. The van der Waals surface area contributed by atoms with Gasteiger partial charge in [0.15, 0.2) is 0 Å². The topological polar surface area (TPSA) is 102 Å². The van der Waals surface area contributed by atoms with Crippen molar-refractivity contribution >= 4 is 11.9 Å². The second kappa shape index (κ2) is 14.2. The summed E-state index contributed by atoms with van der Waals surface area (Å²) in [6.07, 6.45) is 2.02. The Labute approximate surface area is 144 Å². The van der Waals surface area contributed by atoms with Crippen LogP contribution >= 0.6 is 0 Å². The van der Waals surface area contributed by atoms with Crippen LogP contribution in [0.2, 0.25) is 0 Å². The van der Waals surface area contributed by atoms with E-state index in [-0.39, 0.29) is 19.1 Å². The standard InChI is InChI=1S/C16H33N3O5/c1-14(21)19(10-9-18(2)3)8-5-4-6-15(16(22)23)17-7-12-24-13-11-20/h15,17,20H,4-13H2,1-3H3,(H,22,23)/t15-/m0/s1. The molecule has 8 heteroatoms. The van der Waals surface area contributed by atoms with E-state index in [9.17, 15) is 14.7 Å². The third kappa shape index (κ3) is 12.2. The molecule has 0 saturated heterocycles. The van der Waals surface area contributed by atoms with Crippen LogP contribution in [-0.4, -0.2) is 98.0 Å². The number of hydrogen-bond donors (Lipinski definition) is 3. The number of unbranched alkanes of at least 4 members (excludes halogenated alkanes) is 1. The summed E-state index contributed by atoms with van der Waals surface area (Å²) in [5, 5.41) is 20.7. The molecule has 1 amide bonds. The van der Waals surface area contributed by atoms with Gasteiger partial charge < -0.3 is 30.1 Å². The molecule has 0 rings (SSSR count). The van der Waals surface area contributed by atoms with Gasteiger partial charge in [0, 0.05) is 33.1 Å². The van der Waals surface area contributed by atoms with Crippen molar-refractivity contribution in [3.8, 4) is 0 Å². The Balaban J connectivity index is 3.99. The number of aliphatic hydroxyl groups excluding tert-OH is 1. The van der Waals surface area contributed by atoms with Crippen LogP contribution < -0.4 is 5.32 Å². The number of nitrogens with one attached hydrogen (secondary N) is 1. The number of aliphatic carboxylic acids is 1. The summed E-state index contributed by atoms with van der Waals surface area (Å²) >= 11 is 0. The lowest BCUT2D eigenvalue weighted by atomic mass is 10.1. The summed E-state index contributed by atoms with van der Waals surface area (Å²) in [5.41, 5.74) is 0. The minimum atomic E-state index is -0.881. The average molecular weight is 347 g/mol. The van der Waals surface area contributed by atoms with Crippen molar-refractivity contribution in [2.45, 2.75) is 32.2 Å². The number of aliphatic hydroxyl groups is 1. The fourth-order valence-electron chi connectivity index (χ4n) is 2.18. The van der Waals surface area contributed by atoms with Crippen molar-refractivity contribution < 1.29 is 24.5 Å². The van der Waals surface area contributed by atoms with Crippen molar-refractivity contribution in [2.75, 3.05) is 60.1 Å². The van der Waals surface area contributed by atoms with E-state index in [0.29, 0.717) is 32.7 Å². The highest BCUT2D eigenvalue weighted by Crippen LogP contribution is 2.04. The van der Waals surface area contributed by atoms with Crippen LogP contribution in [0, 0.1) is 0 Å². The zero-order valence-electron chi connectivity index (χ0n) is 15.2. The first-order valence-corrected chi connectivity index (χ1v) is 8.43. The van der Waals surface area contributed by atoms with Gasteiger partial charge in [0.1, 0.15) is 6.04 Å². The normalized spacial score (nSPS) is 12.4. The first-order chi connectivity index (χ1) is 11.4. The lowest BCUT2D eigenvalue weighted by Gasteiger charge is -2.23. The summed E-state index contributed by atoms with van der Waals surface area (Å²) in [6, 6.07) is -0.615. The Kier molecular flexibility index (Phi) is 13.4. The predicted octanol–water partition coefficient (Wildman–Crippen LogP) is -0.381. The van der Waals surface area contributed by atoms with Gasteiger partial charge in [-0.25, -0.2) is 0 Å². The summed E-state index contributed by atoms with van der Waals surface area (Å²) in [7, 11) is 3.93. The molecule has 0 aliphatic carbocycles. The molecule has 0 saturated carbocycles. The first-order valence-electron chi connectivity index (χ1n) is 8.43. The molecule has 0 aromatic heterocycles. The number of likely N-dealkylation sites (N-methyl/N-ethyl adjacent to an activating group) is 1. The highest BCUT2D eigenvalue weighted by atomic mass is 16.5. The summed E-state index contributed by atoms with van der Waals surface area (Å²) in [5.74, 6) is -0.834. The van der Waals surface area contributed by atoms with E-state index >= 15 is 0 Å². The molecule has 0 bridgehead atoms. The van der Waals surface area contributed by atoms with Crippen molar-refractivity contribution in [1.29, 1.82) is 0 Å². The predicted molar refractivity (Wildman–Crippen MR) is 92.0 cm³/mol. The maximum atomic E-state index is 11.6. The lowest BCUT2D eigenvalue weighted by Crippen LogP contribution is -2.39. The average Bonchev–Trinajstić information content (AvgIpc) is 2.50. The molecule has 24 heavy (non-hydrogen) atoms. The molecule has 0 spiro atoms. The Morgan fingerprint density at radius 1 is 1.12 bits per heavy atom. The van der Waals surface area contributed by atoms with Gasteiger partial charge in [-0.3, -0.25) is 9.59 Å². The second-order valence-corrected chi connectivity index (χ2v) is 5.99. The van der Waals surface area contributed by atoms with Gasteiger partial charge in [-0.2, -0.15) is 0 Å². The molecule has 0 aliphatic heterocycles. The van der Waals surface area contributed by atoms with Gasteiger partial charge in [-0.05, 0) is 33.4 Å². The van der Waals surface area contributed by atoms with Crippen LogP contribution in [0.1, 0.15) is 26.2 Å². The molecule has 0 radical (unpaired) electrons. The zero-order chi connectivity index (χ0) is 18.4. The van der Waals surface area contributed by atoms with E-state index in [2.05, 4.69) is 5.32 Å². The number of hydrogen-bond acceptors (Lipinski definition) is 6. The smallest absolute Gasteiger partial charge is 0.320 e. The highest BCUT2D eigenvalue weighted by Gasteiger charge is 2.16. The van der Waals surface area contributed by atoms with Crippen molar-refractivity contribution in [2.24, 2.45) is 0 Å². The maximum absolute atomic E-state index is 11.6. The van der Waals surface area contributed by atoms with Crippen LogP contribution in [-0.2, 0) is 14.3 Å². The molecule has 0 aromatic carbocycles. The number of nitrogens with zero attached hydrogens (tertiary/aromatic N) is 2. The molecule has 8 nitrogen and oxygen atoms in total. The summed E-state index contributed by atoms with van der Waals surface area (Å²) in [6.45, 7) is 4.72. The molecular formula is C16H33N3O5. The third-order valence-electron chi connectivity index (χ3n) is 3.60. The fraction of sp³-hybridized carbons (Fsp3) is 0.875. The first kappa shape index (κ1) is 22.8. The lowest BCUT2D eigenvalue weighted by molar-refractivity contribution is -0.139.